The summed E-state index contributed by atoms with van der Waals surface area (Å²) in [7, 11) is 0. The molecule has 2 aromatic heterocycles. The number of nitrogens with one attached hydrogen (secondary N) is 2. The van der Waals surface area contributed by atoms with Gasteiger partial charge in [-0.2, -0.15) is 0 Å². The van der Waals surface area contributed by atoms with Crippen LogP contribution in [-0.4, -0.2) is 40.7 Å². The van der Waals surface area contributed by atoms with Gasteiger partial charge < -0.3 is 15.4 Å². The molecule has 0 bridgehead atoms. The zero-order chi connectivity index (χ0) is 15.8. The summed E-state index contributed by atoms with van der Waals surface area (Å²) in [5, 5.41) is 9.86. The van der Waals surface area contributed by atoms with Crippen LogP contribution in [0, 0.1) is 6.92 Å². The molecule has 0 aliphatic carbocycles. The van der Waals surface area contributed by atoms with Crippen molar-refractivity contribution in [1.82, 2.24) is 15.3 Å². The molecule has 122 valence electrons. The monoisotopic (exact) mass is 332 g/mol. The summed E-state index contributed by atoms with van der Waals surface area (Å²) in [6.45, 7) is 2.86. The van der Waals surface area contributed by atoms with E-state index in [1.54, 1.807) is 17.7 Å². The maximum absolute atomic E-state index is 11.8. The van der Waals surface area contributed by atoms with Gasteiger partial charge in [0.2, 0.25) is 5.91 Å². The van der Waals surface area contributed by atoms with E-state index in [9.17, 15) is 4.79 Å². The zero-order valence-electron chi connectivity index (χ0n) is 13.0. The van der Waals surface area contributed by atoms with Gasteiger partial charge in [-0.25, -0.2) is 9.97 Å². The van der Waals surface area contributed by atoms with Crippen molar-refractivity contribution < 1.29 is 9.53 Å². The summed E-state index contributed by atoms with van der Waals surface area (Å²) < 4.78 is 5.82. The molecule has 0 unspecified atom stereocenters. The highest BCUT2D eigenvalue weighted by molar-refractivity contribution is 7.17. The van der Waals surface area contributed by atoms with Crippen molar-refractivity contribution in [2.24, 2.45) is 0 Å². The molecule has 2 fully saturated rings. The quantitative estimate of drug-likeness (QED) is 0.901. The minimum Gasteiger partial charge on any atom is -0.376 e. The fourth-order valence-corrected chi connectivity index (χ4v) is 4.42. The number of aromatic nitrogens is 2. The van der Waals surface area contributed by atoms with E-state index >= 15 is 0 Å². The maximum atomic E-state index is 11.8. The Bertz CT molecular complexity index is 726. The molecule has 4 heterocycles. The van der Waals surface area contributed by atoms with E-state index in [1.165, 1.54) is 5.56 Å². The molecular weight excluding hydrogens is 312 g/mol. The SMILES string of the molecule is Cc1csc2ncnc(N[C@@H]3CCC(=O)N[C@@H]3[C@@H]3CCCO3)c12. The fraction of sp³-hybridized carbons (Fsp3) is 0.562. The normalized spacial score (nSPS) is 28.0. The first-order chi connectivity index (χ1) is 11.2. The number of nitrogens with zero attached hydrogens (tertiary/aromatic N) is 2. The fourth-order valence-electron chi connectivity index (χ4n) is 3.53. The van der Waals surface area contributed by atoms with E-state index in [4.69, 9.17) is 4.74 Å². The summed E-state index contributed by atoms with van der Waals surface area (Å²) in [6, 6.07) is 0.135. The van der Waals surface area contributed by atoms with Crippen molar-refractivity contribution in [3.05, 3.63) is 17.3 Å². The number of ether oxygens (including phenoxy) is 1. The second-order valence-electron chi connectivity index (χ2n) is 6.26. The minimum atomic E-state index is 0.00251. The van der Waals surface area contributed by atoms with Crippen LogP contribution in [0.2, 0.25) is 0 Å². The number of rotatable bonds is 3. The van der Waals surface area contributed by atoms with Gasteiger partial charge in [0, 0.05) is 13.0 Å². The van der Waals surface area contributed by atoms with Gasteiger partial charge in [0.1, 0.15) is 17.0 Å². The minimum absolute atomic E-state index is 0.00251. The Balaban J connectivity index is 1.62. The van der Waals surface area contributed by atoms with E-state index in [-0.39, 0.29) is 24.1 Å². The standard InChI is InChI=1S/C16H20N4O2S/c1-9-7-23-16-13(9)15(17-8-18-16)19-10-4-5-12(21)20-14(10)11-3-2-6-22-11/h7-8,10-11,14H,2-6H2,1H3,(H,20,21)(H,17,18,19)/t10-,11+,14+/m1/s1. The van der Waals surface area contributed by atoms with Gasteiger partial charge in [-0.1, -0.05) is 0 Å². The molecular formula is C16H20N4O2S. The molecule has 0 aromatic carbocycles. The first kappa shape index (κ1) is 14.8. The predicted octanol–water partition coefficient (Wildman–Crippen LogP) is 2.24. The number of carbonyl (C=O) groups excluding carboxylic acids is 1. The Hall–Kier alpha value is -1.73. The topological polar surface area (TPSA) is 76.1 Å². The van der Waals surface area contributed by atoms with E-state index in [2.05, 4.69) is 32.9 Å². The molecule has 7 heteroatoms. The molecule has 2 aromatic rings. The number of amides is 1. The molecule has 0 spiro atoms. The molecule has 23 heavy (non-hydrogen) atoms. The number of thiophene rings is 1. The summed E-state index contributed by atoms with van der Waals surface area (Å²) in [6.07, 6.45) is 5.09. The molecule has 2 aliphatic heterocycles. The predicted molar refractivity (Wildman–Crippen MR) is 89.7 cm³/mol. The van der Waals surface area contributed by atoms with Crippen LogP contribution in [0.3, 0.4) is 0 Å². The van der Waals surface area contributed by atoms with Crippen LogP contribution >= 0.6 is 11.3 Å². The Kier molecular flexibility index (Phi) is 3.90. The van der Waals surface area contributed by atoms with Gasteiger partial charge in [0.05, 0.1) is 23.6 Å². The van der Waals surface area contributed by atoms with Crippen LogP contribution in [0.4, 0.5) is 5.82 Å². The van der Waals surface area contributed by atoms with Gasteiger partial charge >= 0.3 is 0 Å². The summed E-state index contributed by atoms with van der Waals surface area (Å²) in [5.74, 6) is 0.973. The summed E-state index contributed by atoms with van der Waals surface area (Å²) >= 11 is 1.63. The average molecular weight is 332 g/mol. The highest BCUT2D eigenvalue weighted by Crippen LogP contribution is 2.31. The molecule has 0 saturated carbocycles. The van der Waals surface area contributed by atoms with Crippen LogP contribution in [0.1, 0.15) is 31.2 Å². The van der Waals surface area contributed by atoms with Gasteiger partial charge in [-0.3, -0.25) is 4.79 Å². The smallest absolute Gasteiger partial charge is 0.220 e. The Morgan fingerprint density at radius 2 is 2.30 bits per heavy atom. The Morgan fingerprint density at radius 3 is 3.13 bits per heavy atom. The zero-order valence-corrected chi connectivity index (χ0v) is 13.9. The highest BCUT2D eigenvalue weighted by atomic mass is 32.1. The number of carbonyl (C=O) groups is 1. The van der Waals surface area contributed by atoms with Crippen molar-refractivity contribution in [2.75, 3.05) is 11.9 Å². The first-order valence-corrected chi connectivity index (χ1v) is 8.96. The molecule has 0 radical (unpaired) electrons. The lowest BCUT2D eigenvalue weighted by atomic mass is 9.92. The third kappa shape index (κ3) is 2.79. The van der Waals surface area contributed by atoms with E-state index in [0.717, 1.165) is 41.9 Å². The molecule has 2 saturated heterocycles. The lowest BCUT2D eigenvalue weighted by Crippen LogP contribution is -2.56. The number of piperidine rings is 1. The van der Waals surface area contributed by atoms with Gasteiger partial charge in [-0.15, -0.1) is 11.3 Å². The average Bonchev–Trinajstić information content (AvgIpc) is 3.20. The van der Waals surface area contributed by atoms with Crippen LogP contribution < -0.4 is 10.6 Å². The van der Waals surface area contributed by atoms with Crippen molar-refractivity contribution >= 4 is 33.3 Å². The molecule has 6 nitrogen and oxygen atoms in total. The van der Waals surface area contributed by atoms with Crippen molar-refractivity contribution in [3.8, 4) is 0 Å². The maximum Gasteiger partial charge on any atom is 0.220 e. The van der Waals surface area contributed by atoms with Gasteiger partial charge in [0.15, 0.2) is 0 Å². The Morgan fingerprint density at radius 1 is 1.39 bits per heavy atom. The van der Waals surface area contributed by atoms with Crippen LogP contribution in [0.5, 0.6) is 0 Å². The molecule has 4 rings (SSSR count). The molecule has 3 atom stereocenters. The number of fused-ring (bicyclic) bond motifs is 1. The van der Waals surface area contributed by atoms with Crippen LogP contribution in [0.25, 0.3) is 10.2 Å². The summed E-state index contributed by atoms with van der Waals surface area (Å²) in [4.78, 5) is 21.6. The molecule has 1 amide bonds. The second kappa shape index (κ2) is 6.05. The van der Waals surface area contributed by atoms with Crippen LogP contribution in [-0.2, 0) is 9.53 Å². The first-order valence-electron chi connectivity index (χ1n) is 8.08. The number of hydrogen-bond donors (Lipinski definition) is 2. The lowest BCUT2D eigenvalue weighted by Gasteiger charge is -2.36. The van der Waals surface area contributed by atoms with E-state index in [0.29, 0.717) is 6.42 Å². The number of anilines is 1. The molecule has 2 N–H and O–H groups in total. The van der Waals surface area contributed by atoms with Crippen molar-refractivity contribution in [3.63, 3.8) is 0 Å². The third-order valence-corrected chi connectivity index (χ3v) is 5.69. The third-order valence-electron chi connectivity index (χ3n) is 4.69. The van der Waals surface area contributed by atoms with Crippen LogP contribution in [0.15, 0.2) is 11.7 Å². The van der Waals surface area contributed by atoms with Crippen molar-refractivity contribution in [1.29, 1.82) is 0 Å². The van der Waals surface area contributed by atoms with E-state index in [1.807, 2.05) is 0 Å². The second-order valence-corrected chi connectivity index (χ2v) is 7.11. The number of hydrogen-bond acceptors (Lipinski definition) is 6. The van der Waals surface area contributed by atoms with Crippen molar-refractivity contribution in [2.45, 2.75) is 50.8 Å². The van der Waals surface area contributed by atoms with E-state index < -0.39 is 0 Å². The number of aryl methyl sites for hydroxylation is 1. The Labute approximate surface area is 138 Å². The highest BCUT2D eigenvalue weighted by Gasteiger charge is 2.37. The van der Waals surface area contributed by atoms with Gasteiger partial charge in [0.25, 0.3) is 0 Å². The lowest BCUT2D eigenvalue weighted by molar-refractivity contribution is -0.124. The molecule has 2 aliphatic rings. The largest absolute Gasteiger partial charge is 0.376 e. The summed E-state index contributed by atoms with van der Waals surface area (Å²) in [5.41, 5.74) is 1.18. The van der Waals surface area contributed by atoms with Gasteiger partial charge in [-0.05, 0) is 37.1 Å².